The van der Waals surface area contributed by atoms with Gasteiger partial charge in [-0.1, -0.05) is 6.42 Å². The number of aliphatic hydroxyl groups is 1. The van der Waals surface area contributed by atoms with E-state index in [1.54, 1.807) is 0 Å². The van der Waals surface area contributed by atoms with Crippen LogP contribution in [0, 0.1) is 5.82 Å². The summed E-state index contributed by atoms with van der Waals surface area (Å²) >= 11 is 0. The molecule has 2 aliphatic rings. The number of nitrogens with one attached hydrogen (secondary N) is 1. The van der Waals surface area contributed by atoms with Crippen LogP contribution in [0.25, 0.3) is 11.3 Å². The number of nitrogens with zero attached hydrogens (tertiary/aromatic N) is 2. The molecule has 2 aromatic carbocycles. The molecule has 2 atom stereocenters. The minimum atomic E-state index is -5.35. The molecule has 0 aliphatic carbocycles. The molecule has 10 nitrogen and oxygen atoms in total. The number of hydrogen-bond donors (Lipinski definition) is 3. The van der Waals surface area contributed by atoms with Crippen molar-refractivity contribution in [2.45, 2.75) is 43.4 Å². The van der Waals surface area contributed by atoms with Crippen LogP contribution in [0.4, 0.5) is 17.6 Å². The minimum absolute atomic E-state index is 0.0273. The highest BCUT2D eigenvalue weighted by Gasteiger charge is 2.57. The van der Waals surface area contributed by atoms with Crippen LogP contribution in [0.1, 0.15) is 47.8 Å². The van der Waals surface area contributed by atoms with E-state index in [1.807, 2.05) is 0 Å². The summed E-state index contributed by atoms with van der Waals surface area (Å²) in [5.74, 6) is -1.87. The fraction of sp³-hybridized carbons (Fsp3) is 0.424. The maximum absolute atomic E-state index is 14.7. The normalized spacial score (nSPS) is 19.3. The lowest BCUT2D eigenvalue weighted by Crippen LogP contribution is -2.51. The number of benzene rings is 2. The van der Waals surface area contributed by atoms with Gasteiger partial charge in [-0.25, -0.2) is 9.37 Å². The molecule has 2 amide bonds. The van der Waals surface area contributed by atoms with Crippen LogP contribution < -0.4 is 25.3 Å². The van der Waals surface area contributed by atoms with E-state index in [-0.39, 0.29) is 40.5 Å². The van der Waals surface area contributed by atoms with Crippen LogP contribution in [-0.4, -0.2) is 79.5 Å². The number of pyridine rings is 1. The van der Waals surface area contributed by atoms with Gasteiger partial charge in [-0.3, -0.25) is 14.5 Å². The van der Waals surface area contributed by atoms with Gasteiger partial charge < -0.3 is 30.4 Å². The molecular formula is C33H36F4N4O6. The third-order valence-electron chi connectivity index (χ3n) is 8.67. The van der Waals surface area contributed by atoms with Crippen molar-refractivity contribution in [1.82, 2.24) is 15.2 Å². The maximum Gasteiger partial charge on any atom is 0.424 e. The number of rotatable bonds is 11. The largest absolute Gasteiger partial charge is 0.493 e. The Kier molecular flexibility index (Phi) is 9.64. The number of fused-ring (bicyclic) bond motifs is 1. The van der Waals surface area contributed by atoms with E-state index in [9.17, 15) is 32.3 Å². The maximum atomic E-state index is 14.7. The number of carbonyl (C=O) groups is 2. The summed E-state index contributed by atoms with van der Waals surface area (Å²) in [5.41, 5.74) is -0.691. The van der Waals surface area contributed by atoms with Crippen molar-refractivity contribution in [3.63, 3.8) is 0 Å². The van der Waals surface area contributed by atoms with E-state index in [4.69, 9.17) is 19.9 Å². The quantitative estimate of drug-likeness (QED) is 0.262. The molecule has 3 aromatic rings. The Hall–Kier alpha value is -4.43. The van der Waals surface area contributed by atoms with E-state index in [0.29, 0.717) is 18.9 Å². The van der Waals surface area contributed by atoms with Crippen molar-refractivity contribution in [2.75, 3.05) is 46.5 Å². The first-order valence-electron chi connectivity index (χ1n) is 15.1. The lowest BCUT2D eigenvalue weighted by Gasteiger charge is -2.31. The molecule has 3 heterocycles. The van der Waals surface area contributed by atoms with Gasteiger partial charge >= 0.3 is 6.18 Å². The summed E-state index contributed by atoms with van der Waals surface area (Å²) in [4.78, 5) is 31.9. The zero-order chi connectivity index (χ0) is 34.0. The van der Waals surface area contributed by atoms with Gasteiger partial charge in [-0.15, -0.1) is 0 Å². The minimum Gasteiger partial charge on any atom is -0.493 e. The third kappa shape index (κ3) is 6.84. The fourth-order valence-electron chi connectivity index (χ4n) is 5.64. The van der Waals surface area contributed by atoms with Crippen molar-refractivity contribution < 1.29 is 46.5 Å². The number of ether oxygens (including phenoxy) is 3. The third-order valence-corrected chi connectivity index (χ3v) is 8.67. The molecule has 1 aromatic heterocycles. The number of piperidine rings is 1. The Morgan fingerprint density at radius 2 is 1.79 bits per heavy atom. The lowest BCUT2D eigenvalue weighted by molar-refractivity contribution is -0.265. The number of nitrogens with two attached hydrogens (primary N) is 1. The molecular weight excluding hydrogens is 624 g/mol. The summed E-state index contributed by atoms with van der Waals surface area (Å²) in [6.07, 6.45) is -1.88. The van der Waals surface area contributed by atoms with Crippen LogP contribution in [-0.2, 0) is 15.8 Å². The lowest BCUT2D eigenvalue weighted by atomic mass is 9.81. The number of primary amides is 1. The summed E-state index contributed by atoms with van der Waals surface area (Å²) in [6.45, 7) is 2.85. The predicted octanol–water partition coefficient (Wildman–Crippen LogP) is 4.08. The first-order valence-corrected chi connectivity index (χ1v) is 15.1. The molecule has 1 saturated heterocycles. The molecule has 0 spiro atoms. The van der Waals surface area contributed by atoms with Gasteiger partial charge in [-0.2, -0.15) is 13.2 Å². The molecule has 0 bridgehead atoms. The summed E-state index contributed by atoms with van der Waals surface area (Å²) in [5, 5.41) is 13.4. The van der Waals surface area contributed by atoms with Crippen molar-refractivity contribution in [3.05, 3.63) is 71.2 Å². The van der Waals surface area contributed by atoms with Gasteiger partial charge in [0.15, 0.2) is 11.5 Å². The number of likely N-dealkylation sites (tertiary alicyclic amines) is 1. The number of methoxy groups -OCH3 is 1. The number of carbonyl (C=O) groups excluding carboxylic acids is 2. The van der Waals surface area contributed by atoms with Gasteiger partial charge in [0.25, 0.3) is 5.91 Å². The molecule has 0 saturated carbocycles. The van der Waals surface area contributed by atoms with E-state index < -0.39 is 47.1 Å². The number of alkyl halides is 3. The van der Waals surface area contributed by atoms with Gasteiger partial charge in [0.1, 0.15) is 35.9 Å². The summed E-state index contributed by atoms with van der Waals surface area (Å²) in [6, 6.07) is 9.79. The van der Waals surface area contributed by atoms with E-state index in [2.05, 4.69) is 15.2 Å². The van der Waals surface area contributed by atoms with Crippen molar-refractivity contribution in [3.8, 4) is 28.5 Å². The van der Waals surface area contributed by atoms with Gasteiger partial charge in [-0.05, 0) is 81.4 Å². The molecule has 1 fully saturated rings. The SMILES string of the molecule is COc1cc(C(=O)NC[C@](O)(c2cc3c(c(-c4ccc(F)cc4)n2)OC[C@]3(C)C(N)=O)C(F)(F)F)ccc1OCCN1CCCCC1. The zero-order valence-corrected chi connectivity index (χ0v) is 26.0. The van der Waals surface area contributed by atoms with Crippen LogP contribution >= 0.6 is 0 Å². The second-order valence-corrected chi connectivity index (χ2v) is 11.9. The topological polar surface area (TPSA) is 136 Å². The molecule has 2 aliphatic heterocycles. The van der Waals surface area contributed by atoms with Crippen molar-refractivity contribution in [1.29, 1.82) is 0 Å². The van der Waals surface area contributed by atoms with Gasteiger partial charge in [0, 0.05) is 23.2 Å². The predicted molar refractivity (Wildman–Crippen MR) is 163 cm³/mol. The van der Waals surface area contributed by atoms with Crippen molar-refractivity contribution >= 4 is 11.8 Å². The highest BCUT2D eigenvalue weighted by molar-refractivity contribution is 5.95. The average Bonchev–Trinajstić information content (AvgIpc) is 3.41. The Morgan fingerprint density at radius 3 is 2.43 bits per heavy atom. The molecule has 14 heteroatoms. The summed E-state index contributed by atoms with van der Waals surface area (Å²) in [7, 11) is 1.37. The Labute approximate surface area is 268 Å². The van der Waals surface area contributed by atoms with E-state index in [0.717, 1.165) is 44.1 Å². The average molecular weight is 661 g/mol. The Balaban J connectivity index is 1.41. The van der Waals surface area contributed by atoms with Crippen LogP contribution in [0.3, 0.4) is 0 Å². The van der Waals surface area contributed by atoms with Crippen LogP contribution in [0.15, 0.2) is 48.5 Å². The fourth-order valence-corrected chi connectivity index (χ4v) is 5.64. The van der Waals surface area contributed by atoms with Crippen LogP contribution in [0.2, 0.25) is 0 Å². The molecule has 4 N–H and O–H groups in total. The standard InChI is InChI=1S/C33H36F4N4O6/c1-31(30(38)43)19-47-28-23(31)17-26(40-27(28)20-6-9-22(34)10-7-20)32(44,33(35,36)37)18-39-29(42)21-8-11-24(25(16-21)45-2)46-15-14-41-12-4-3-5-13-41/h6-11,16-17,44H,3-5,12-15,18-19H2,1-2H3,(H2,38,43)(H,39,42)/t31-,32-/m0/s1. The first kappa shape index (κ1) is 33.9. The first-order chi connectivity index (χ1) is 22.3. The van der Waals surface area contributed by atoms with Crippen LogP contribution in [0.5, 0.6) is 17.2 Å². The highest BCUT2D eigenvalue weighted by atomic mass is 19.4. The molecule has 0 unspecified atom stereocenters. The van der Waals surface area contributed by atoms with Crippen molar-refractivity contribution in [2.24, 2.45) is 5.73 Å². The Bertz CT molecular complexity index is 1630. The molecule has 47 heavy (non-hydrogen) atoms. The second-order valence-electron chi connectivity index (χ2n) is 11.9. The van der Waals surface area contributed by atoms with Gasteiger partial charge in [0.2, 0.25) is 11.5 Å². The number of amides is 2. The second kappa shape index (κ2) is 13.4. The van der Waals surface area contributed by atoms with E-state index >= 15 is 0 Å². The van der Waals surface area contributed by atoms with E-state index in [1.165, 1.54) is 50.8 Å². The monoisotopic (exact) mass is 660 g/mol. The number of hydrogen-bond acceptors (Lipinski definition) is 8. The van der Waals surface area contributed by atoms with Gasteiger partial charge in [0.05, 0.1) is 19.3 Å². The molecule has 0 radical (unpaired) electrons. The molecule has 5 rings (SSSR count). The highest BCUT2D eigenvalue weighted by Crippen LogP contribution is 2.47. The smallest absolute Gasteiger partial charge is 0.424 e. The Morgan fingerprint density at radius 1 is 1.09 bits per heavy atom. The summed E-state index contributed by atoms with van der Waals surface area (Å²) < 4.78 is 74.7. The number of halogens is 4. The molecule has 252 valence electrons. The number of aromatic nitrogens is 1. The zero-order valence-electron chi connectivity index (χ0n) is 26.0.